The molecule has 2 heterocycles. The zero-order valence-corrected chi connectivity index (χ0v) is 15.6. The van der Waals surface area contributed by atoms with E-state index < -0.39 is 0 Å². The second-order valence-electron chi connectivity index (χ2n) is 6.49. The van der Waals surface area contributed by atoms with E-state index in [2.05, 4.69) is 28.9 Å². The van der Waals surface area contributed by atoms with Crippen LogP contribution in [0.1, 0.15) is 19.4 Å². The van der Waals surface area contributed by atoms with E-state index in [4.69, 9.17) is 22.1 Å². The van der Waals surface area contributed by atoms with Gasteiger partial charge in [-0.1, -0.05) is 25.4 Å². The maximum Gasteiger partial charge on any atom is 0.165 e. The molecule has 0 amide bonds. The predicted molar refractivity (Wildman–Crippen MR) is 102 cm³/mol. The highest BCUT2D eigenvalue weighted by Crippen LogP contribution is 2.33. The fraction of sp³-hybridized carbons (Fsp3) is 0.316. The molecule has 26 heavy (non-hydrogen) atoms. The minimum atomic E-state index is 0.505. The van der Waals surface area contributed by atoms with E-state index in [-0.39, 0.29) is 0 Å². The molecule has 0 radical (unpaired) electrons. The Morgan fingerprint density at radius 2 is 1.96 bits per heavy atom. The molecule has 2 N–H and O–H groups in total. The zero-order valence-electron chi connectivity index (χ0n) is 14.9. The fourth-order valence-electron chi connectivity index (χ4n) is 2.55. The Morgan fingerprint density at radius 1 is 1.19 bits per heavy atom. The molecule has 2 aromatic heterocycles. The van der Waals surface area contributed by atoms with Crippen molar-refractivity contribution >= 4 is 11.6 Å². The largest absolute Gasteiger partial charge is 0.453 e. The van der Waals surface area contributed by atoms with E-state index in [9.17, 15) is 0 Å². The molecule has 0 fully saturated rings. The lowest BCUT2D eigenvalue weighted by molar-refractivity contribution is 0.468. The second-order valence-corrected chi connectivity index (χ2v) is 6.92. The summed E-state index contributed by atoms with van der Waals surface area (Å²) in [4.78, 5) is 8.87. The van der Waals surface area contributed by atoms with E-state index in [1.807, 2.05) is 16.9 Å². The first kappa shape index (κ1) is 18.4. The van der Waals surface area contributed by atoms with Crippen LogP contribution in [0.3, 0.4) is 0 Å². The van der Waals surface area contributed by atoms with Gasteiger partial charge in [-0.2, -0.15) is 5.10 Å². The highest BCUT2D eigenvalue weighted by atomic mass is 35.5. The van der Waals surface area contributed by atoms with Crippen molar-refractivity contribution in [1.29, 1.82) is 0 Å². The number of benzene rings is 1. The Bertz CT molecular complexity index is 861. The Balaban J connectivity index is 1.87. The van der Waals surface area contributed by atoms with E-state index in [0.717, 1.165) is 24.1 Å². The van der Waals surface area contributed by atoms with Gasteiger partial charge >= 0.3 is 0 Å². The van der Waals surface area contributed by atoms with E-state index >= 15 is 0 Å². The van der Waals surface area contributed by atoms with Gasteiger partial charge in [0.15, 0.2) is 11.6 Å². The van der Waals surface area contributed by atoms with Crippen molar-refractivity contribution in [2.24, 2.45) is 11.7 Å². The predicted octanol–water partition coefficient (Wildman–Crippen LogP) is 3.94. The van der Waals surface area contributed by atoms with E-state index in [1.54, 1.807) is 30.7 Å². The summed E-state index contributed by atoms with van der Waals surface area (Å²) in [6.45, 7) is 5.68. The van der Waals surface area contributed by atoms with Gasteiger partial charge in [-0.05, 0) is 36.6 Å². The van der Waals surface area contributed by atoms with Gasteiger partial charge in [-0.25, -0.2) is 9.97 Å². The fourth-order valence-corrected chi connectivity index (χ4v) is 2.72. The lowest BCUT2D eigenvalue weighted by atomic mass is 10.1. The summed E-state index contributed by atoms with van der Waals surface area (Å²) >= 11 is 6.16. The monoisotopic (exact) mass is 371 g/mol. The zero-order chi connectivity index (χ0) is 18.5. The second kappa shape index (κ2) is 8.29. The summed E-state index contributed by atoms with van der Waals surface area (Å²) in [5.41, 5.74) is 7.34. The molecule has 7 heteroatoms. The highest BCUT2D eigenvalue weighted by Gasteiger charge is 2.12. The molecule has 0 spiro atoms. The topological polar surface area (TPSA) is 78.9 Å². The van der Waals surface area contributed by atoms with Crippen molar-refractivity contribution in [2.75, 3.05) is 6.54 Å². The average molecular weight is 372 g/mol. The van der Waals surface area contributed by atoms with Gasteiger partial charge in [-0.15, -0.1) is 0 Å². The molecule has 3 rings (SSSR count). The molecule has 6 nitrogen and oxygen atoms in total. The van der Waals surface area contributed by atoms with Gasteiger partial charge in [0.1, 0.15) is 5.75 Å². The first-order valence-electron chi connectivity index (χ1n) is 8.56. The van der Waals surface area contributed by atoms with Crippen LogP contribution in [0.2, 0.25) is 5.02 Å². The van der Waals surface area contributed by atoms with Crippen LogP contribution >= 0.6 is 11.6 Å². The smallest absolute Gasteiger partial charge is 0.165 e. The molecule has 136 valence electrons. The Kier molecular flexibility index (Phi) is 5.85. The third-order valence-corrected chi connectivity index (χ3v) is 3.95. The maximum absolute atomic E-state index is 6.16. The third-order valence-electron chi connectivity index (χ3n) is 3.71. The van der Waals surface area contributed by atoms with Crippen molar-refractivity contribution in [3.63, 3.8) is 0 Å². The SMILES string of the molecule is CC(C)Cn1cc(Oc2cc(Cl)ccc2-c2ncc(CCN)cn2)cn1. The molecule has 0 aliphatic carbocycles. The first-order chi connectivity index (χ1) is 12.5. The number of ether oxygens (including phenoxy) is 1. The third kappa shape index (κ3) is 4.59. The molecule has 0 bridgehead atoms. The van der Waals surface area contributed by atoms with Crippen LogP contribution in [-0.4, -0.2) is 26.3 Å². The molecule has 0 aliphatic heterocycles. The summed E-state index contributed by atoms with van der Waals surface area (Å²) in [5, 5.41) is 4.91. The summed E-state index contributed by atoms with van der Waals surface area (Å²) in [5.74, 6) is 2.32. The number of nitrogens with two attached hydrogens (primary N) is 1. The highest BCUT2D eigenvalue weighted by molar-refractivity contribution is 6.30. The normalized spacial score (nSPS) is 11.1. The van der Waals surface area contributed by atoms with Crippen molar-refractivity contribution in [2.45, 2.75) is 26.8 Å². The summed E-state index contributed by atoms with van der Waals surface area (Å²) in [6.07, 6.45) is 7.88. The van der Waals surface area contributed by atoms with Gasteiger partial charge in [-0.3, -0.25) is 4.68 Å². The summed E-state index contributed by atoms with van der Waals surface area (Å²) in [7, 11) is 0. The van der Waals surface area contributed by atoms with Crippen LogP contribution in [-0.2, 0) is 13.0 Å². The van der Waals surface area contributed by atoms with Crippen LogP contribution in [0.15, 0.2) is 43.0 Å². The van der Waals surface area contributed by atoms with Crippen molar-refractivity contribution in [1.82, 2.24) is 19.7 Å². The Labute approximate surface area is 158 Å². The summed E-state index contributed by atoms with van der Waals surface area (Å²) < 4.78 is 7.88. The van der Waals surface area contributed by atoms with Gasteiger partial charge in [0.05, 0.1) is 18.0 Å². The number of halogens is 1. The van der Waals surface area contributed by atoms with Crippen molar-refractivity contribution in [3.8, 4) is 22.9 Å². The number of nitrogens with zero attached hydrogens (tertiary/aromatic N) is 4. The number of aromatic nitrogens is 4. The van der Waals surface area contributed by atoms with Crippen molar-refractivity contribution in [3.05, 3.63) is 53.6 Å². The molecule has 0 unspecified atom stereocenters. The minimum Gasteiger partial charge on any atom is -0.453 e. The number of hydrogen-bond donors (Lipinski definition) is 1. The van der Waals surface area contributed by atoms with Crippen LogP contribution in [0.5, 0.6) is 11.5 Å². The van der Waals surface area contributed by atoms with Crippen molar-refractivity contribution < 1.29 is 4.74 Å². The lowest BCUT2D eigenvalue weighted by Gasteiger charge is -2.10. The van der Waals surface area contributed by atoms with Gasteiger partial charge in [0.25, 0.3) is 0 Å². The first-order valence-corrected chi connectivity index (χ1v) is 8.94. The molecular weight excluding hydrogens is 350 g/mol. The molecule has 0 saturated heterocycles. The standard InChI is InChI=1S/C19H22ClN5O/c1-13(2)11-25-12-16(10-24-25)26-18-7-15(20)3-4-17(18)19-22-8-14(5-6-21)9-23-19/h3-4,7-10,12-13H,5-6,11,21H2,1-2H3. The quantitative estimate of drug-likeness (QED) is 0.680. The number of rotatable bonds is 7. The molecule has 0 aliphatic rings. The van der Waals surface area contributed by atoms with Crippen LogP contribution in [0.4, 0.5) is 0 Å². The average Bonchev–Trinajstić information content (AvgIpc) is 3.02. The van der Waals surface area contributed by atoms with Crippen LogP contribution in [0.25, 0.3) is 11.4 Å². The van der Waals surface area contributed by atoms with Crippen LogP contribution in [0, 0.1) is 5.92 Å². The maximum atomic E-state index is 6.16. The Hall–Kier alpha value is -2.44. The van der Waals surface area contributed by atoms with E-state index in [0.29, 0.717) is 34.8 Å². The van der Waals surface area contributed by atoms with Gasteiger partial charge < -0.3 is 10.5 Å². The molecule has 1 aromatic carbocycles. The molecule has 3 aromatic rings. The Morgan fingerprint density at radius 3 is 2.65 bits per heavy atom. The molecular formula is C19H22ClN5O. The van der Waals surface area contributed by atoms with E-state index in [1.165, 1.54) is 0 Å². The summed E-state index contributed by atoms with van der Waals surface area (Å²) in [6, 6.07) is 5.41. The lowest BCUT2D eigenvalue weighted by Crippen LogP contribution is -2.04. The minimum absolute atomic E-state index is 0.505. The van der Waals surface area contributed by atoms with Gasteiger partial charge in [0, 0.05) is 30.0 Å². The van der Waals surface area contributed by atoms with Gasteiger partial charge in [0.2, 0.25) is 0 Å². The number of hydrogen-bond acceptors (Lipinski definition) is 5. The molecule has 0 atom stereocenters. The molecule has 0 saturated carbocycles. The van der Waals surface area contributed by atoms with Crippen LogP contribution < -0.4 is 10.5 Å².